The Hall–Kier alpha value is -3.40. The first-order valence-corrected chi connectivity index (χ1v) is 9.48. The van der Waals surface area contributed by atoms with Gasteiger partial charge in [0.2, 0.25) is 0 Å². The summed E-state index contributed by atoms with van der Waals surface area (Å²) < 4.78 is 4.30. The van der Waals surface area contributed by atoms with E-state index in [1.54, 1.807) is 0 Å². The van der Waals surface area contributed by atoms with E-state index >= 15 is 0 Å². The third-order valence-electron chi connectivity index (χ3n) is 5.59. The van der Waals surface area contributed by atoms with Gasteiger partial charge in [-0.25, -0.2) is 9.97 Å². The Morgan fingerprint density at radius 3 is 2.25 bits per heavy atom. The van der Waals surface area contributed by atoms with Crippen LogP contribution in [-0.2, 0) is 14.1 Å². The average Bonchev–Trinajstić information content (AvgIpc) is 3.18. The van der Waals surface area contributed by atoms with Gasteiger partial charge < -0.3 is 9.13 Å². The van der Waals surface area contributed by atoms with Gasteiger partial charge in [0.15, 0.2) is 0 Å². The molecule has 2 heterocycles. The summed E-state index contributed by atoms with van der Waals surface area (Å²) in [5, 5.41) is 0. The molecule has 4 heteroatoms. The molecule has 0 aliphatic rings. The number of aryl methyl sites for hydroxylation is 4. The van der Waals surface area contributed by atoms with Gasteiger partial charge in [-0.3, -0.25) is 0 Å². The maximum Gasteiger partial charge on any atom is 0.140 e. The summed E-state index contributed by atoms with van der Waals surface area (Å²) in [6.45, 7) is 4.15. The van der Waals surface area contributed by atoms with Crippen LogP contribution < -0.4 is 0 Å². The van der Waals surface area contributed by atoms with Crippen LogP contribution in [0.1, 0.15) is 11.4 Å². The number of nitrogens with zero attached hydrogens (tertiary/aromatic N) is 4. The lowest BCUT2D eigenvalue weighted by Crippen LogP contribution is -1.93. The molecule has 0 atom stereocenters. The van der Waals surface area contributed by atoms with Crippen molar-refractivity contribution in [3.05, 3.63) is 72.1 Å². The van der Waals surface area contributed by atoms with E-state index in [0.29, 0.717) is 0 Å². The van der Waals surface area contributed by atoms with Gasteiger partial charge in [0.05, 0.1) is 22.1 Å². The van der Waals surface area contributed by atoms with Crippen molar-refractivity contribution in [1.29, 1.82) is 0 Å². The molecule has 0 unspecified atom stereocenters. The fourth-order valence-electron chi connectivity index (χ4n) is 3.91. The van der Waals surface area contributed by atoms with E-state index in [1.165, 1.54) is 16.7 Å². The number of rotatable bonds is 2. The highest BCUT2D eigenvalue weighted by atomic mass is 15.1. The molecule has 0 saturated carbocycles. The Morgan fingerprint density at radius 1 is 0.643 bits per heavy atom. The summed E-state index contributed by atoms with van der Waals surface area (Å²) in [5.74, 6) is 2.02. The van der Waals surface area contributed by atoms with Crippen molar-refractivity contribution >= 4 is 22.1 Å². The fourth-order valence-corrected chi connectivity index (χ4v) is 3.91. The first kappa shape index (κ1) is 16.8. The van der Waals surface area contributed by atoms with Crippen molar-refractivity contribution in [3.8, 4) is 22.5 Å². The predicted octanol–water partition coefficient (Wildman–Crippen LogP) is 5.41. The molecule has 3 aromatic carbocycles. The number of fused-ring (bicyclic) bond motifs is 2. The lowest BCUT2D eigenvalue weighted by molar-refractivity contribution is 0.886. The molecule has 2 aromatic heterocycles. The summed E-state index contributed by atoms with van der Waals surface area (Å²) in [4.78, 5) is 9.55. The third-order valence-corrected chi connectivity index (χ3v) is 5.59. The van der Waals surface area contributed by atoms with Crippen LogP contribution in [0.4, 0.5) is 0 Å². The van der Waals surface area contributed by atoms with Crippen molar-refractivity contribution in [3.63, 3.8) is 0 Å². The van der Waals surface area contributed by atoms with Crippen molar-refractivity contribution in [2.75, 3.05) is 0 Å². The molecule has 0 fully saturated rings. The molecule has 138 valence electrons. The summed E-state index contributed by atoms with van der Waals surface area (Å²) in [6, 6.07) is 21.5. The van der Waals surface area contributed by atoms with Gasteiger partial charge in [-0.2, -0.15) is 0 Å². The average molecular weight is 366 g/mol. The molecule has 4 nitrogen and oxygen atoms in total. The van der Waals surface area contributed by atoms with Crippen LogP contribution in [0, 0.1) is 13.8 Å². The molecular weight excluding hydrogens is 344 g/mol. The van der Waals surface area contributed by atoms with Crippen LogP contribution in [0.25, 0.3) is 44.6 Å². The van der Waals surface area contributed by atoms with E-state index in [-0.39, 0.29) is 0 Å². The molecule has 0 N–H and O–H groups in total. The van der Waals surface area contributed by atoms with E-state index in [4.69, 9.17) is 4.98 Å². The minimum absolute atomic E-state index is 0.992. The van der Waals surface area contributed by atoms with Gasteiger partial charge >= 0.3 is 0 Å². The quantitative estimate of drug-likeness (QED) is 0.419. The van der Waals surface area contributed by atoms with Gasteiger partial charge in [0.25, 0.3) is 0 Å². The van der Waals surface area contributed by atoms with Gasteiger partial charge in [-0.15, -0.1) is 0 Å². The number of benzene rings is 3. The fraction of sp³-hybridized carbons (Fsp3) is 0.167. The van der Waals surface area contributed by atoms with Gasteiger partial charge in [-0.05, 0) is 55.3 Å². The predicted molar refractivity (Wildman–Crippen MR) is 115 cm³/mol. The maximum absolute atomic E-state index is 4.87. The summed E-state index contributed by atoms with van der Waals surface area (Å²) in [5.41, 5.74) is 9.06. The van der Waals surface area contributed by atoms with E-state index in [0.717, 1.165) is 39.3 Å². The van der Waals surface area contributed by atoms with Gasteiger partial charge in [-0.1, -0.05) is 35.9 Å². The minimum Gasteiger partial charge on any atom is -0.331 e. The molecular formula is C24H22N4. The molecule has 0 bridgehead atoms. The SMILES string of the molecule is Cc1cccc(-c2nc3ccc(-c4ccc5c(c4)nc(C)n5C)cc3n2C)c1. The van der Waals surface area contributed by atoms with Crippen molar-refractivity contribution in [1.82, 2.24) is 19.1 Å². The zero-order chi connectivity index (χ0) is 19.4. The molecule has 5 aromatic rings. The highest BCUT2D eigenvalue weighted by Crippen LogP contribution is 2.30. The Morgan fingerprint density at radius 2 is 1.43 bits per heavy atom. The van der Waals surface area contributed by atoms with Crippen LogP contribution in [0.2, 0.25) is 0 Å². The molecule has 0 amide bonds. The van der Waals surface area contributed by atoms with Crippen molar-refractivity contribution in [2.24, 2.45) is 14.1 Å². The maximum atomic E-state index is 4.87. The molecule has 0 aliphatic heterocycles. The number of aromatic nitrogens is 4. The summed E-state index contributed by atoms with van der Waals surface area (Å²) in [7, 11) is 4.14. The van der Waals surface area contributed by atoms with E-state index in [1.807, 2.05) is 6.92 Å². The number of imidazole rings is 2. The second-order valence-corrected chi connectivity index (χ2v) is 7.49. The molecule has 0 aliphatic carbocycles. The van der Waals surface area contributed by atoms with Crippen LogP contribution in [-0.4, -0.2) is 19.1 Å². The third kappa shape index (κ3) is 2.53. The standard InChI is InChI=1S/C24H22N4/c1-15-6-5-7-19(12-15)24-26-20-10-8-18(14-23(20)28(24)4)17-9-11-22-21(13-17)25-16(2)27(22)3/h5-14H,1-4H3. The molecule has 5 rings (SSSR count). The van der Waals surface area contributed by atoms with Crippen LogP contribution in [0.15, 0.2) is 60.7 Å². The molecule has 0 saturated heterocycles. The van der Waals surface area contributed by atoms with Gasteiger partial charge in [0.1, 0.15) is 11.6 Å². The van der Waals surface area contributed by atoms with Crippen LogP contribution in [0.5, 0.6) is 0 Å². The molecule has 28 heavy (non-hydrogen) atoms. The zero-order valence-electron chi connectivity index (χ0n) is 16.6. The van der Waals surface area contributed by atoms with E-state index in [9.17, 15) is 0 Å². The number of hydrogen-bond acceptors (Lipinski definition) is 2. The van der Waals surface area contributed by atoms with Crippen molar-refractivity contribution in [2.45, 2.75) is 13.8 Å². The first-order chi connectivity index (χ1) is 13.5. The van der Waals surface area contributed by atoms with E-state index < -0.39 is 0 Å². The van der Waals surface area contributed by atoms with Crippen molar-refractivity contribution < 1.29 is 0 Å². The Kier molecular flexibility index (Phi) is 3.63. The lowest BCUT2D eigenvalue weighted by Gasteiger charge is -2.05. The topological polar surface area (TPSA) is 35.6 Å². The monoisotopic (exact) mass is 366 g/mol. The normalized spacial score (nSPS) is 11.6. The Bertz CT molecular complexity index is 1350. The zero-order valence-corrected chi connectivity index (χ0v) is 16.6. The highest BCUT2D eigenvalue weighted by Gasteiger charge is 2.12. The largest absolute Gasteiger partial charge is 0.331 e. The van der Waals surface area contributed by atoms with Crippen LogP contribution >= 0.6 is 0 Å². The molecule has 0 spiro atoms. The molecule has 0 radical (unpaired) electrons. The lowest BCUT2D eigenvalue weighted by atomic mass is 10.0. The van der Waals surface area contributed by atoms with E-state index in [2.05, 4.69) is 95.8 Å². The summed E-state index contributed by atoms with van der Waals surface area (Å²) in [6.07, 6.45) is 0. The van der Waals surface area contributed by atoms with Gasteiger partial charge in [0, 0.05) is 19.7 Å². The second-order valence-electron chi connectivity index (χ2n) is 7.49. The second kappa shape index (κ2) is 6.06. The summed E-state index contributed by atoms with van der Waals surface area (Å²) >= 11 is 0. The first-order valence-electron chi connectivity index (χ1n) is 9.48. The Labute approximate surface area is 164 Å². The smallest absolute Gasteiger partial charge is 0.140 e. The number of hydrogen-bond donors (Lipinski definition) is 0. The Balaban J connectivity index is 1.65. The minimum atomic E-state index is 0.992. The van der Waals surface area contributed by atoms with Crippen LogP contribution in [0.3, 0.4) is 0 Å². The highest BCUT2D eigenvalue weighted by molar-refractivity contribution is 5.88.